The Morgan fingerprint density at radius 2 is 2.09 bits per heavy atom. The molecule has 3 heterocycles. The van der Waals surface area contributed by atoms with E-state index in [4.69, 9.17) is 4.98 Å². The zero-order valence-electron chi connectivity index (χ0n) is 17.8. The van der Waals surface area contributed by atoms with E-state index in [9.17, 15) is 9.59 Å². The SMILES string of the molecule is C=CC(=O)Nc1cc(-c2ccc3c(ccc4sc5c(c43)NCC(C)NC5=O)n2)ccc1C. The first-order valence-electron chi connectivity index (χ1n) is 10.4. The van der Waals surface area contributed by atoms with Crippen molar-refractivity contribution in [2.75, 3.05) is 17.2 Å². The Balaban J connectivity index is 1.62. The summed E-state index contributed by atoms with van der Waals surface area (Å²) in [5.41, 5.74) is 5.16. The van der Waals surface area contributed by atoms with Crippen LogP contribution >= 0.6 is 11.3 Å². The number of nitrogens with one attached hydrogen (secondary N) is 3. The van der Waals surface area contributed by atoms with Gasteiger partial charge in [0.25, 0.3) is 5.91 Å². The van der Waals surface area contributed by atoms with Crippen LogP contribution in [0.3, 0.4) is 0 Å². The molecule has 1 atom stereocenters. The lowest BCUT2D eigenvalue weighted by Gasteiger charge is -2.11. The first kappa shape index (κ1) is 20.2. The van der Waals surface area contributed by atoms with Gasteiger partial charge >= 0.3 is 0 Å². The van der Waals surface area contributed by atoms with Crippen molar-refractivity contribution in [1.29, 1.82) is 0 Å². The van der Waals surface area contributed by atoms with Crippen LogP contribution < -0.4 is 16.0 Å². The molecule has 160 valence electrons. The van der Waals surface area contributed by atoms with Crippen molar-refractivity contribution in [3.8, 4) is 11.3 Å². The van der Waals surface area contributed by atoms with Crippen LogP contribution in [0.25, 0.3) is 32.2 Å². The van der Waals surface area contributed by atoms with Crippen molar-refractivity contribution < 1.29 is 9.59 Å². The molecular formula is C25H22N4O2S. The van der Waals surface area contributed by atoms with Crippen molar-refractivity contribution in [3.63, 3.8) is 0 Å². The Kier molecular flexibility index (Phi) is 4.90. The Morgan fingerprint density at radius 1 is 1.25 bits per heavy atom. The van der Waals surface area contributed by atoms with Crippen LogP contribution in [-0.4, -0.2) is 29.4 Å². The first-order chi connectivity index (χ1) is 15.4. The lowest BCUT2D eigenvalue weighted by atomic mass is 10.0. The highest BCUT2D eigenvalue weighted by molar-refractivity contribution is 7.21. The smallest absolute Gasteiger partial charge is 0.263 e. The molecule has 1 unspecified atom stereocenters. The van der Waals surface area contributed by atoms with E-state index in [1.807, 2.05) is 50.2 Å². The Hall–Kier alpha value is -3.71. The topological polar surface area (TPSA) is 83.1 Å². The second kappa shape index (κ2) is 7.76. The number of amides is 2. The van der Waals surface area contributed by atoms with Gasteiger partial charge in [-0.1, -0.05) is 18.7 Å². The Morgan fingerprint density at radius 3 is 2.91 bits per heavy atom. The molecule has 0 radical (unpaired) electrons. The summed E-state index contributed by atoms with van der Waals surface area (Å²) in [5.74, 6) is -0.284. The molecule has 1 aliphatic rings. The normalized spacial score (nSPS) is 15.6. The number of nitrogens with zero attached hydrogens (tertiary/aromatic N) is 1. The van der Waals surface area contributed by atoms with Crippen LogP contribution in [0.1, 0.15) is 22.2 Å². The van der Waals surface area contributed by atoms with Crippen LogP contribution in [-0.2, 0) is 4.79 Å². The molecule has 7 heteroatoms. The zero-order chi connectivity index (χ0) is 22.4. The number of carbonyl (C=O) groups excluding carboxylic acids is 2. The minimum absolute atomic E-state index is 0.0369. The van der Waals surface area contributed by atoms with Crippen LogP contribution in [0.4, 0.5) is 11.4 Å². The van der Waals surface area contributed by atoms with E-state index in [-0.39, 0.29) is 17.9 Å². The first-order valence-corrected chi connectivity index (χ1v) is 11.2. The van der Waals surface area contributed by atoms with E-state index in [0.29, 0.717) is 11.4 Å². The van der Waals surface area contributed by atoms with E-state index >= 15 is 0 Å². The third kappa shape index (κ3) is 3.40. The number of carbonyl (C=O) groups is 2. The number of fused-ring (bicyclic) bond motifs is 5. The molecule has 6 nitrogen and oxygen atoms in total. The molecule has 2 aromatic heterocycles. The van der Waals surface area contributed by atoms with Crippen molar-refractivity contribution in [2.45, 2.75) is 19.9 Å². The minimum atomic E-state index is -0.247. The maximum absolute atomic E-state index is 12.6. The maximum atomic E-state index is 12.6. The molecule has 32 heavy (non-hydrogen) atoms. The number of anilines is 2. The highest BCUT2D eigenvalue weighted by atomic mass is 32.1. The number of rotatable bonds is 3. The monoisotopic (exact) mass is 442 g/mol. The third-order valence-corrected chi connectivity index (χ3v) is 6.82. The van der Waals surface area contributed by atoms with Crippen molar-refractivity contribution in [1.82, 2.24) is 10.3 Å². The summed E-state index contributed by atoms with van der Waals surface area (Å²) in [6.07, 6.45) is 1.25. The van der Waals surface area contributed by atoms with Gasteiger partial charge in [0.15, 0.2) is 0 Å². The average molecular weight is 443 g/mol. The van der Waals surface area contributed by atoms with E-state index in [1.54, 1.807) is 0 Å². The van der Waals surface area contributed by atoms with Crippen LogP contribution in [0.15, 0.2) is 55.1 Å². The van der Waals surface area contributed by atoms with Gasteiger partial charge < -0.3 is 16.0 Å². The van der Waals surface area contributed by atoms with Gasteiger partial charge in [0.2, 0.25) is 5.91 Å². The van der Waals surface area contributed by atoms with Crippen LogP contribution in [0.2, 0.25) is 0 Å². The van der Waals surface area contributed by atoms with Gasteiger partial charge in [-0.15, -0.1) is 11.3 Å². The fourth-order valence-electron chi connectivity index (χ4n) is 3.99. The molecule has 0 saturated heterocycles. The molecule has 4 aromatic rings. The van der Waals surface area contributed by atoms with Gasteiger partial charge in [0, 0.05) is 39.3 Å². The number of hydrogen-bond donors (Lipinski definition) is 3. The average Bonchev–Trinajstić information content (AvgIpc) is 3.11. The molecule has 0 saturated carbocycles. The van der Waals surface area contributed by atoms with Crippen molar-refractivity contribution in [3.05, 3.63) is 65.6 Å². The predicted octanol–water partition coefficient (Wildman–Crippen LogP) is 5.09. The lowest BCUT2D eigenvalue weighted by molar-refractivity contribution is -0.111. The van der Waals surface area contributed by atoms with Gasteiger partial charge in [0.1, 0.15) is 4.88 Å². The molecule has 0 fully saturated rings. The predicted molar refractivity (Wildman–Crippen MR) is 132 cm³/mol. The molecule has 2 amide bonds. The summed E-state index contributed by atoms with van der Waals surface area (Å²) in [5, 5.41) is 11.4. The van der Waals surface area contributed by atoms with E-state index in [2.05, 4.69) is 28.6 Å². The standard InChI is InChI=1S/C25H22N4O2S/c1-4-21(30)29-19-11-15(6-5-13(19)2)17-8-7-16-18(28-17)9-10-20-22(16)23-24(32-20)25(31)27-14(3)12-26-23/h4-11,14,26H,1,12H2,2-3H3,(H,27,31)(H,29,30). The molecule has 2 aromatic carbocycles. The van der Waals surface area contributed by atoms with E-state index in [1.165, 1.54) is 17.4 Å². The van der Waals surface area contributed by atoms with E-state index in [0.717, 1.165) is 49.2 Å². The number of aryl methyl sites for hydroxylation is 1. The summed E-state index contributed by atoms with van der Waals surface area (Å²) in [6, 6.07) is 14.0. The summed E-state index contributed by atoms with van der Waals surface area (Å²) in [4.78, 5) is 30.0. The lowest BCUT2D eigenvalue weighted by Crippen LogP contribution is -2.34. The highest BCUT2D eigenvalue weighted by Crippen LogP contribution is 2.41. The van der Waals surface area contributed by atoms with Gasteiger partial charge in [-0.2, -0.15) is 0 Å². The molecule has 5 rings (SSSR count). The summed E-state index contributed by atoms with van der Waals surface area (Å²) in [7, 11) is 0. The van der Waals surface area contributed by atoms with Crippen molar-refractivity contribution in [2.24, 2.45) is 0 Å². The van der Waals surface area contributed by atoms with Gasteiger partial charge in [0.05, 0.1) is 16.9 Å². The number of pyridine rings is 1. The van der Waals surface area contributed by atoms with Crippen LogP contribution in [0, 0.1) is 6.92 Å². The highest BCUT2D eigenvalue weighted by Gasteiger charge is 2.24. The quantitative estimate of drug-likeness (QED) is 0.386. The Labute approximate surface area is 189 Å². The number of benzene rings is 2. The third-order valence-electron chi connectivity index (χ3n) is 5.67. The second-order valence-corrected chi connectivity index (χ2v) is 9.04. The largest absolute Gasteiger partial charge is 0.381 e. The molecule has 1 aliphatic heterocycles. The maximum Gasteiger partial charge on any atom is 0.263 e. The molecule has 0 bridgehead atoms. The fourth-order valence-corrected chi connectivity index (χ4v) is 5.08. The molecular weight excluding hydrogens is 420 g/mol. The van der Waals surface area contributed by atoms with Gasteiger partial charge in [-0.3, -0.25) is 9.59 Å². The summed E-state index contributed by atoms with van der Waals surface area (Å²) < 4.78 is 1.05. The van der Waals surface area contributed by atoms with Crippen molar-refractivity contribution >= 4 is 55.5 Å². The second-order valence-electron chi connectivity index (χ2n) is 7.99. The van der Waals surface area contributed by atoms with Crippen LogP contribution in [0.5, 0.6) is 0 Å². The number of hydrogen-bond acceptors (Lipinski definition) is 5. The number of thiophene rings is 1. The molecule has 0 spiro atoms. The molecule has 3 N–H and O–H groups in total. The molecule has 0 aliphatic carbocycles. The van der Waals surface area contributed by atoms with Gasteiger partial charge in [-0.25, -0.2) is 4.98 Å². The zero-order valence-corrected chi connectivity index (χ0v) is 18.6. The number of aromatic nitrogens is 1. The Bertz CT molecular complexity index is 1420. The van der Waals surface area contributed by atoms with E-state index < -0.39 is 0 Å². The minimum Gasteiger partial charge on any atom is -0.381 e. The summed E-state index contributed by atoms with van der Waals surface area (Å²) >= 11 is 1.50. The summed E-state index contributed by atoms with van der Waals surface area (Å²) in [6.45, 7) is 8.12. The fraction of sp³-hybridized carbons (Fsp3) is 0.160. The van der Waals surface area contributed by atoms with Gasteiger partial charge in [-0.05, 0) is 55.8 Å².